The van der Waals surface area contributed by atoms with E-state index in [0.717, 1.165) is 50.1 Å². The van der Waals surface area contributed by atoms with Gasteiger partial charge < -0.3 is 0 Å². The van der Waals surface area contributed by atoms with Crippen molar-refractivity contribution in [2.45, 2.75) is 6.92 Å². The summed E-state index contributed by atoms with van der Waals surface area (Å²) in [6, 6.07) is 33.0. The van der Waals surface area contributed by atoms with E-state index in [1.165, 1.54) is 18.2 Å². The van der Waals surface area contributed by atoms with Gasteiger partial charge in [-0.3, -0.25) is 0 Å². The van der Waals surface area contributed by atoms with Crippen molar-refractivity contribution >= 4 is 0 Å². The second kappa shape index (κ2) is 11.5. The number of aromatic nitrogens is 7. The van der Waals surface area contributed by atoms with Gasteiger partial charge in [0.1, 0.15) is 12.7 Å². The van der Waals surface area contributed by atoms with Gasteiger partial charge in [-0.25, -0.2) is 34.9 Å². The van der Waals surface area contributed by atoms with Crippen molar-refractivity contribution in [1.82, 2.24) is 34.9 Å². The average molecular weight is 556 g/mol. The van der Waals surface area contributed by atoms with Gasteiger partial charge in [0, 0.05) is 52.6 Å². The number of hydrogen-bond donors (Lipinski definition) is 0. The molecule has 0 N–H and O–H groups in total. The molecule has 0 aliphatic rings. The van der Waals surface area contributed by atoms with E-state index in [2.05, 4.69) is 87.5 Å². The predicted molar refractivity (Wildman–Crippen MR) is 168 cm³/mol. The zero-order valence-electron chi connectivity index (χ0n) is 23.3. The number of rotatable bonds is 6. The molecule has 0 saturated carbocycles. The Bertz CT molecular complexity index is 1910. The number of aryl methyl sites for hydroxylation is 1. The molecule has 0 bridgehead atoms. The maximum absolute atomic E-state index is 4.96. The largest absolute Gasteiger partial charge is 0.244 e. The van der Waals surface area contributed by atoms with Crippen LogP contribution in [0.15, 0.2) is 135 Å². The SMILES string of the molecule is Cc1ccc(-c2ccc(-c3nc(-c4cccc(-c5cncnc5)c4)nc(-c4cccc(-c5cncnc5)c4)n3)cc2)cc1. The Kier molecular flexibility index (Phi) is 6.95. The molecule has 0 radical (unpaired) electrons. The van der Waals surface area contributed by atoms with E-state index in [-0.39, 0.29) is 0 Å². The van der Waals surface area contributed by atoms with E-state index in [1.807, 2.05) is 36.4 Å². The number of nitrogens with zero attached hydrogens (tertiary/aromatic N) is 7. The summed E-state index contributed by atoms with van der Waals surface area (Å²) in [4.78, 5) is 31.6. The van der Waals surface area contributed by atoms with E-state index in [1.54, 1.807) is 24.8 Å². The zero-order chi connectivity index (χ0) is 29.0. The molecule has 7 heteroatoms. The first kappa shape index (κ1) is 26.0. The molecule has 7 aromatic rings. The summed E-state index contributed by atoms with van der Waals surface area (Å²) in [5, 5.41) is 0. The van der Waals surface area contributed by atoms with Gasteiger partial charge in [-0.05, 0) is 41.3 Å². The Morgan fingerprint density at radius 2 is 0.721 bits per heavy atom. The number of benzene rings is 4. The lowest BCUT2D eigenvalue weighted by Gasteiger charge is -2.11. The highest BCUT2D eigenvalue weighted by Crippen LogP contribution is 2.30. The Morgan fingerprint density at radius 1 is 0.349 bits per heavy atom. The summed E-state index contributed by atoms with van der Waals surface area (Å²) in [5.41, 5.74) is 9.98. The quantitative estimate of drug-likeness (QED) is 0.207. The summed E-state index contributed by atoms with van der Waals surface area (Å²) in [6.45, 7) is 2.09. The van der Waals surface area contributed by atoms with E-state index < -0.39 is 0 Å². The van der Waals surface area contributed by atoms with Gasteiger partial charge in [0.05, 0.1) is 0 Å². The van der Waals surface area contributed by atoms with E-state index >= 15 is 0 Å². The summed E-state index contributed by atoms with van der Waals surface area (Å²) in [5.74, 6) is 1.75. The molecule has 7 nitrogen and oxygen atoms in total. The Labute approximate surface area is 249 Å². The monoisotopic (exact) mass is 555 g/mol. The van der Waals surface area contributed by atoms with Gasteiger partial charge >= 0.3 is 0 Å². The van der Waals surface area contributed by atoms with Crippen molar-refractivity contribution in [3.63, 3.8) is 0 Å². The summed E-state index contributed by atoms with van der Waals surface area (Å²) >= 11 is 0. The zero-order valence-corrected chi connectivity index (χ0v) is 23.3. The van der Waals surface area contributed by atoms with Crippen LogP contribution in [-0.2, 0) is 0 Å². The first-order valence-corrected chi connectivity index (χ1v) is 13.8. The van der Waals surface area contributed by atoms with Crippen molar-refractivity contribution in [2.75, 3.05) is 0 Å². The molecule has 4 aromatic carbocycles. The highest BCUT2D eigenvalue weighted by molar-refractivity contribution is 5.75. The molecule has 0 saturated heterocycles. The van der Waals surface area contributed by atoms with Gasteiger partial charge in [-0.1, -0.05) is 90.5 Å². The fraction of sp³-hybridized carbons (Fsp3) is 0.0278. The van der Waals surface area contributed by atoms with E-state index in [9.17, 15) is 0 Å². The highest BCUT2D eigenvalue weighted by Gasteiger charge is 2.14. The van der Waals surface area contributed by atoms with Crippen LogP contribution in [0.5, 0.6) is 0 Å². The summed E-state index contributed by atoms with van der Waals surface area (Å²) in [7, 11) is 0. The third-order valence-corrected chi connectivity index (χ3v) is 7.19. The van der Waals surface area contributed by atoms with Crippen molar-refractivity contribution in [3.05, 3.63) is 140 Å². The van der Waals surface area contributed by atoms with E-state index in [0.29, 0.717) is 17.5 Å². The summed E-state index contributed by atoms with van der Waals surface area (Å²) in [6.07, 6.45) is 10.2. The first-order chi connectivity index (χ1) is 21.2. The van der Waals surface area contributed by atoms with Gasteiger partial charge in [-0.15, -0.1) is 0 Å². The van der Waals surface area contributed by atoms with E-state index in [4.69, 9.17) is 15.0 Å². The molecular formula is C36H25N7. The van der Waals surface area contributed by atoms with Crippen LogP contribution < -0.4 is 0 Å². The molecule has 0 fully saturated rings. The molecule has 0 atom stereocenters. The van der Waals surface area contributed by atoms with Crippen LogP contribution in [0.4, 0.5) is 0 Å². The van der Waals surface area contributed by atoms with Gasteiger partial charge in [-0.2, -0.15) is 0 Å². The molecule has 204 valence electrons. The Morgan fingerprint density at radius 3 is 1.19 bits per heavy atom. The van der Waals surface area contributed by atoms with Crippen molar-refractivity contribution < 1.29 is 0 Å². The Hall–Kier alpha value is -5.95. The molecule has 0 aliphatic heterocycles. The van der Waals surface area contributed by atoms with Crippen molar-refractivity contribution in [2.24, 2.45) is 0 Å². The van der Waals surface area contributed by atoms with Crippen LogP contribution in [0.3, 0.4) is 0 Å². The molecule has 0 amide bonds. The lowest BCUT2D eigenvalue weighted by Crippen LogP contribution is -2.00. The highest BCUT2D eigenvalue weighted by atomic mass is 15.0. The smallest absolute Gasteiger partial charge is 0.164 e. The Balaban J connectivity index is 1.34. The van der Waals surface area contributed by atoms with Crippen LogP contribution in [0.1, 0.15) is 5.56 Å². The van der Waals surface area contributed by atoms with Crippen LogP contribution in [0.2, 0.25) is 0 Å². The van der Waals surface area contributed by atoms with Crippen LogP contribution >= 0.6 is 0 Å². The molecule has 0 spiro atoms. The van der Waals surface area contributed by atoms with Crippen molar-refractivity contribution in [3.8, 4) is 67.5 Å². The van der Waals surface area contributed by atoms with Gasteiger partial charge in [0.15, 0.2) is 17.5 Å². The van der Waals surface area contributed by atoms with Gasteiger partial charge in [0.25, 0.3) is 0 Å². The maximum atomic E-state index is 4.96. The first-order valence-electron chi connectivity index (χ1n) is 13.8. The maximum Gasteiger partial charge on any atom is 0.164 e. The molecule has 43 heavy (non-hydrogen) atoms. The minimum absolute atomic E-state index is 0.578. The van der Waals surface area contributed by atoms with Crippen molar-refractivity contribution in [1.29, 1.82) is 0 Å². The normalized spacial score (nSPS) is 10.9. The lowest BCUT2D eigenvalue weighted by molar-refractivity contribution is 1.07. The molecular weight excluding hydrogens is 530 g/mol. The molecule has 7 rings (SSSR count). The molecule has 3 aromatic heterocycles. The van der Waals surface area contributed by atoms with Gasteiger partial charge in [0.2, 0.25) is 0 Å². The third kappa shape index (κ3) is 5.64. The topological polar surface area (TPSA) is 90.2 Å². The number of hydrogen-bond acceptors (Lipinski definition) is 7. The average Bonchev–Trinajstić information content (AvgIpc) is 3.09. The second-order valence-corrected chi connectivity index (χ2v) is 10.2. The molecule has 0 aliphatic carbocycles. The van der Waals surface area contributed by atoms with Crippen LogP contribution in [0, 0.1) is 6.92 Å². The minimum atomic E-state index is 0.578. The fourth-order valence-electron chi connectivity index (χ4n) is 4.89. The minimum Gasteiger partial charge on any atom is -0.244 e. The fourth-order valence-corrected chi connectivity index (χ4v) is 4.89. The predicted octanol–water partition coefficient (Wildman–Crippen LogP) is 7.76. The van der Waals surface area contributed by atoms with Crippen LogP contribution in [-0.4, -0.2) is 34.9 Å². The third-order valence-electron chi connectivity index (χ3n) is 7.19. The molecule has 0 unspecified atom stereocenters. The standard InChI is InChI=1S/C36H25N7/c1-24-8-10-25(11-9-24)26-12-14-27(15-13-26)34-41-35(30-6-2-4-28(16-30)32-18-37-22-38-19-32)43-36(42-34)31-7-3-5-29(17-31)33-20-39-23-40-21-33/h2-23H,1H3. The molecule has 3 heterocycles. The van der Waals surface area contributed by atoms with Crippen LogP contribution in [0.25, 0.3) is 67.5 Å². The lowest BCUT2D eigenvalue weighted by atomic mass is 10.0. The summed E-state index contributed by atoms with van der Waals surface area (Å²) < 4.78 is 0. The second-order valence-electron chi connectivity index (χ2n) is 10.2.